The van der Waals surface area contributed by atoms with Gasteiger partial charge in [-0.3, -0.25) is 0 Å². The predicted octanol–water partition coefficient (Wildman–Crippen LogP) is 3.95. The minimum absolute atomic E-state index is 0.0147. The minimum atomic E-state index is -0.251. The maximum atomic E-state index is 9.79. The highest BCUT2D eigenvalue weighted by Gasteiger charge is 2.12. The van der Waals surface area contributed by atoms with Crippen LogP contribution in [0, 0.1) is 0 Å². The van der Waals surface area contributed by atoms with Crippen LogP contribution in [0.2, 0.25) is 5.02 Å². The third-order valence-electron chi connectivity index (χ3n) is 3.29. The van der Waals surface area contributed by atoms with E-state index in [1.54, 1.807) is 12.1 Å². The van der Waals surface area contributed by atoms with Crippen molar-refractivity contribution in [2.24, 2.45) is 0 Å². The molecule has 2 aromatic rings. The molecule has 0 amide bonds. The summed E-state index contributed by atoms with van der Waals surface area (Å²) in [7, 11) is 0. The fourth-order valence-electron chi connectivity index (χ4n) is 2.24. The Labute approximate surface area is 138 Å². The molecule has 2 rings (SSSR count). The van der Waals surface area contributed by atoms with Crippen molar-refractivity contribution in [2.75, 3.05) is 0 Å². The molecule has 0 saturated heterocycles. The third kappa shape index (κ3) is 4.36. The van der Waals surface area contributed by atoms with Gasteiger partial charge in [0, 0.05) is 17.5 Å². The first kappa shape index (κ1) is 16.6. The average Bonchev–Trinajstić information content (AvgIpc) is 2.40. The Morgan fingerprint density at radius 3 is 2.14 bits per heavy atom. The minimum Gasteiger partial charge on any atom is -0.508 e. The van der Waals surface area contributed by atoms with Gasteiger partial charge in [-0.2, -0.15) is 0 Å². The monoisotopic (exact) mass is 342 g/mol. The number of phenolic OH excluding ortho intramolecular Hbond substituents is 4. The van der Waals surface area contributed by atoms with E-state index in [0.29, 0.717) is 24.8 Å². The number of benzene rings is 2. The first-order valence-electron chi connectivity index (χ1n) is 6.71. The lowest BCUT2D eigenvalue weighted by Gasteiger charge is -2.12. The van der Waals surface area contributed by atoms with Crippen molar-refractivity contribution in [1.29, 1.82) is 0 Å². The summed E-state index contributed by atoms with van der Waals surface area (Å²) in [4.78, 5) is 0. The zero-order valence-electron chi connectivity index (χ0n) is 11.6. The molecule has 1 unspecified atom stereocenters. The number of alkyl halides is 1. The summed E-state index contributed by atoms with van der Waals surface area (Å²) in [5.74, 6) is -0.0987. The Morgan fingerprint density at radius 1 is 0.864 bits per heavy atom. The molecule has 6 heteroatoms. The molecule has 0 aromatic heterocycles. The zero-order chi connectivity index (χ0) is 16.3. The van der Waals surface area contributed by atoms with E-state index in [4.69, 9.17) is 23.2 Å². The number of phenols is 4. The summed E-state index contributed by atoms with van der Waals surface area (Å²) in [6.07, 6.45) is 1.48. The first-order chi connectivity index (χ1) is 10.3. The molecule has 0 aliphatic heterocycles. The SMILES string of the molecule is Oc1cc(O)cc(CC(Cl)CCc2cc(O)c(Cl)cc2O)c1. The van der Waals surface area contributed by atoms with E-state index >= 15 is 0 Å². The third-order valence-corrected chi connectivity index (χ3v) is 3.97. The van der Waals surface area contributed by atoms with Crippen molar-refractivity contribution >= 4 is 23.2 Å². The maximum Gasteiger partial charge on any atom is 0.134 e. The van der Waals surface area contributed by atoms with Gasteiger partial charge in [-0.15, -0.1) is 11.6 Å². The first-order valence-corrected chi connectivity index (χ1v) is 7.53. The van der Waals surface area contributed by atoms with Crippen molar-refractivity contribution in [3.05, 3.63) is 46.5 Å². The van der Waals surface area contributed by atoms with E-state index in [1.165, 1.54) is 18.2 Å². The molecule has 4 N–H and O–H groups in total. The summed E-state index contributed by atoms with van der Waals surface area (Å²) >= 11 is 12.0. The molecule has 0 heterocycles. The van der Waals surface area contributed by atoms with E-state index in [2.05, 4.69) is 0 Å². The molecule has 0 spiro atoms. The van der Waals surface area contributed by atoms with Crippen LogP contribution in [-0.2, 0) is 12.8 Å². The summed E-state index contributed by atoms with van der Waals surface area (Å²) < 4.78 is 0. The molecule has 118 valence electrons. The number of hydrogen-bond donors (Lipinski definition) is 4. The van der Waals surface area contributed by atoms with Crippen LogP contribution in [0.15, 0.2) is 30.3 Å². The van der Waals surface area contributed by atoms with Crippen molar-refractivity contribution in [3.8, 4) is 23.0 Å². The van der Waals surface area contributed by atoms with Gasteiger partial charge in [-0.1, -0.05) is 11.6 Å². The molecule has 2 aromatic carbocycles. The van der Waals surface area contributed by atoms with Crippen LogP contribution in [-0.4, -0.2) is 25.8 Å². The standard InChI is InChI=1S/C16H16Cl2O4/c17-11(3-9-4-12(19)7-13(20)5-9)2-1-10-6-16(22)14(18)8-15(10)21/h4-8,11,19-22H,1-3H2. The van der Waals surface area contributed by atoms with Gasteiger partial charge < -0.3 is 20.4 Å². The lowest BCUT2D eigenvalue weighted by atomic mass is 10.0. The van der Waals surface area contributed by atoms with E-state index in [1.807, 2.05) is 0 Å². The van der Waals surface area contributed by atoms with Crippen LogP contribution in [0.4, 0.5) is 0 Å². The number of rotatable bonds is 5. The number of aromatic hydroxyl groups is 4. The highest BCUT2D eigenvalue weighted by molar-refractivity contribution is 6.32. The van der Waals surface area contributed by atoms with E-state index in [-0.39, 0.29) is 33.4 Å². The average molecular weight is 343 g/mol. The Hall–Kier alpha value is -1.78. The summed E-state index contributed by atoms with van der Waals surface area (Å²) in [6, 6.07) is 7.05. The van der Waals surface area contributed by atoms with Gasteiger partial charge >= 0.3 is 0 Å². The highest BCUT2D eigenvalue weighted by atomic mass is 35.5. The van der Waals surface area contributed by atoms with Crippen LogP contribution in [0.25, 0.3) is 0 Å². The fourth-order valence-corrected chi connectivity index (χ4v) is 2.68. The molecule has 0 saturated carbocycles. The quantitative estimate of drug-likeness (QED) is 0.490. The van der Waals surface area contributed by atoms with Gasteiger partial charge in [-0.25, -0.2) is 0 Å². The number of hydrogen-bond acceptors (Lipinski definition) is 4. The second kappa shape index (κ2) is 6.99. The second-order valence-corrected chi connectivity index (χ2v) is 6.15. The fraction of sp³-hybridized carbons (Fsp3) is 0.250. The van der Waals surface area contributed by atoms with Crippen LogP contribution in [0.3, 0.4) is 0 Å². The van der Waals surface area contributed by atoms with Crippen molar-refractivity contribution in [1.82, 2.24) is 0 Å². The van der Waals surface area contributed by atoms with Gasteiger partial charge in [0.05, 0.1) is 5.02 Å². The predicted molar refractivity (Wildman–Crippen MR) is 86.2 cm³/mol. The Morgan fingerprint density at radius 2 is 1.50 bits per heavy atom. The summed E-state index contributed by atoms with van der Waals surface area (Å²) in [5, 5.41) is 38.0. The van der Waals surface area contributed by atoms with E-state index < -0.39 is 0 Å². The maximum absolute atomic E-state index is 9.79. The van der Waals surface area contributed by atoms with Crippen LogP contribution in [0.1, 0.15) is 17.5 Å². The topological polar surface area (TPSA) is 80.9 Å². The molecule has 0 fully saturated rings. The molecule has 0 radical (unpaired) electrons. The summed E-state index contributed by atoms with van der Waals surface area (Å²) in [6.45, 7) is 0. The number of aryl methyl sites for hydroxylation is 1. The highest BCUT2D eigenvalue weighted by Crippen LogP contribution is 2.32. The molecule has 0 aliphatic carbocycles. The van der Waals surface area contributed by atoms with E-state index in [9.17, 15) is 20.4 Å². The molecule has 4 nitrogen and oxygen atoms in total. The molecule has 0 aliphatic rings. The normalized spacial score (nSPS) is 12.3. The Kier molecular flexibility index (Phi) is 5.27. The molecule has 1 atom stereocenters. The summed E-state index contributed by atoms with van der Waals surface area (Å²) in [5.41, 5.74) is 1.28. The van der Waals surface area contributed by atoms with Gasteiger partial charge in [0.1, 0.15) is 23.0 Å². The second-order valence-electron chi connectivity index (χ2n) is 5.13. The molecule has 22 heavy (non-hydrogen) atoms. The number of halogens is 2. The smallest absolute Gasteiger partial charge is 0.134 e. The Balaban J connectivity index is 1.98. The van der Waals surface area contributed by atoms with Gasteiger partial charge in [0.15, 0.2) is 0 Å². The van der Waals surface area contributed by atoms with Crippen LogP contribution in [0.5, 0.6) is 23.0 Å². The largest absolute Gasteiger partial charge is 0.508 e. The van der Waals surface area contributed by atoms with Gasteiger partial charge in [0.2, 0.25) is 0 Å². The molecular formula is C16H16Cl2O4. The molecule has 0 bridgehead atoms. The zero-order valence-corrected chi connectivity index (χ0v) is 13.1. The van der Waals surface area contributed by atoms with Gasteiger partial charge in [0.25, 0.3) is 0 Å². The van der Waals surface area contributed by atoms with Crippen molar-refractivity contribution in [3.63, 3.8) is 0 Å². The lowest BCUT2D eigenvalue weighted by Crippen LogP contribution is -2.05. The molecular weight excluding hydrogens is 327 g/mol. The van der Waals surface area contributed by atoms with E-state index in [0.717, 1.165) is 5.56 Å². The van der Waals surface area contributed by atoms with Gasteiger partial charge in [-0.05, 0) is 48.6 Å². The van der Waals surface area contributed by atoms with Crippen LogP contribution < -0.4 is 0 Å². The van der Waals surface area contributed by atoms with Crippen LogP contribution >= 0.6 is 23.2 Å². The Bertz CT molecular complexity index is 653. The van der Waals surface area contributed by atoms with Crippen molar-refractivity contribution in [2.45, 2.75) is 24.6 Å². The lowest BCUT2D eigenvalue weighted by molar-refractivity contribution is 0.449. The van der Waals surface area contributed by atoms with Crippen molar-refractivity contribution < 1.29 is 20.4 Å².